The molecule has 0 amide bonds. The predicted octanol–water partition coefficient (Wildman–Crippen LogP) is 3.62. The molecule has 0 aliphatic rings. The van der Waals surface area contributed by atoms with E-state index in [1.807, 2.05) is 30.9 Å². The number of hydrogen-bond donors (Lipinski definition) is 0. The molecule has 3 rings (SSSR count). The first-order chi connectivity index (χ1) is 10.1. The van der Waals surface area contributed by atoms with Gasteiger partial charge in [-0.3, -0.25) is 4.68 Å². The van der Waals surface area contributed by atoms with E-state index < -0.39 is 0 Å². The maximum Gasteiger partial charge on any atom is 0.127 e. The lowest BCUT2D eigenvalue weighted by Crippen LogP contribution is -2.09. The van der Waals surface area contributed by atoms with Crippen LogP contribution in [0.4, 0.5) is 0 Å². The second kappa shape index (κ2) is 5.53. The number of hydrogen-bond acceptors (Lipinski definition) is 2. The van der Waals surface area contributed by atoms with Crippen molar-refractivity contribution >= 4 is 22.6 Å². The molecule has 0 spiro atoms. The zero-order valence-corrected chi connectivity index (χ0v) is 13.3. The SMILES string of the molecule is Cc1cccc2c1nc(C(C)Cl)n2CCc1ccnn1C. The normalized spacial score (nSPS) is 13.0. The summed E-state index contributed by atoms with van der Waals surface area (Å²) in [5, 5.41) is 4.11. The molecule has 0 N–H and O–H groups in total. The summed E-state index contributed by atoms with van der Waals surface area (Å²) in [4.78, 5) is 4.74. The van der Waals surface area contributed by atoms with Crippen LogP contribution in [0.25, 0.3) is 11.0 Å². The molecule has 5 heteroatoms. The highest BCUT2D eigenvalue weighted by Gasteiger charge is 2.16. The number of aromatic nitrogens is 4. The van der Waals surface area contributed by atoms with Gasteiger partial charge in [-0.15, -0.1) is 11.6 Å². The van der Waals surface area contributed by atoms with E-state index in [1.54, 1.807) is 0 Å². The summed E-state index contributed by atoms with van der Waals surface area (Å²) in [7, 11) is 1.97. The van der Waals surface area contributed by atoms with Crippen LogP contribution in [0, 0.1) is 6.92 Å². The van der Waals surface area contributed by atoms with Crippen molar-refractivity contribution in [3.05, 3.63) is 47.5 Å². The van der Waals surface area contributed by atoms with Crippen molar-refractivity contribution in [2.45, 2.75) is 32.2 Å². The van der Waals surface area contributed by atoms with Gasteiger partial charge in [-0.1, -0.05) is 12.1 Å². The Kier molecular flexibility index (Phi) is 3.72. The second-order valence-electron chi connectivity index (χ2n) is 5.38. The number of fused-ring (bicyclic) bond motifs is 1. The van der Waals surface area contributed by atoms with Crippen LogP contribution in [0.2, 0.25) is 0 Å². The molecule has 0 bridgehead atoms. The fourth-order valence-electron chi connectivity index (χ4n) is 2.72. The van der Waals surface area contributed by atoms with Crippen molar-refractivity contribution in [2.75, 3.05) is 0 Å². The molecule has 1 aromatic carbocycles. The molecule has 1 atom stereocenters. The predicted molar refractivity (Wildman–Crippen MR) is 85.7 cm³/mol. The van der Waals surface area contributed by atoms with Gasteiger partial charge in [-0.05, 0) is 31.5 Å². The summed E-state index contributed by atoms with van der Waals surface area (Å²) in [6.07, 6.45) is 2.74. The molecule has 0 fully saturated rings. The quantitative estimate of drug-likeness (QED) is 0.690. The van der Waals surface area contributed by atoms with Gasteiger partial charge in [0, 0.05) is 31.9 Å². The van der Waals surface area contributed by atoms with Crippen LogP contribution in [0.3, 0.4) is 0 Å². The van der Waals surface area contributed by atoms with E-state index in [0.717, 1.165) is 29.8 Å². The maximum atomic E-state index is 6.32. The smallest absolute Gasteiger partial charge is 0.127 e. The summed E-state index contributed by atoms with van der Waals surface area (Å²) < 4.78 is 4.14. The van der Waals surface area contributed by atoms with Crippen molar-refractivity contribution in [3.63, 3.8) is 0 Å². The zero-order chi connectivity index (χ0) is 15.0. The van der Waals surface area contributed by atoms with Crippen molar-refractivity contribution in [2.24, 2.45) is 7.05 Å². The van der Waals surface area contributed by atoms with Crippen LogP contribution in [0.1, 0.15) is 29.4 Å². The number of imidazole rings is 1. The molecular formula is C16H19ClN4. The van der Waals surface area contributed by atoms with Crippen LogP contribution in [0.5, 0.6) is 0 Å². The number of para-hydroxylation sites is 1. The number of halogens is 1. The minimum atomic E-state index is -0.108. The van der Waals surface area contributed by atoms with Gasteiger partial charge in [0.05, 0.1) is 16.4 Å². The van der Waals surface area contributed by atoms with Gasteiger partial charge in [0.15, 0.2) is 0 Å². The molecule has 3 aromatic rings. The number of rotatable bonds is 4. The van der Waals surface area contributed by atoms with Crippen LogP contribution >= 0.6 is 11.6 Å². The Morgan fingerprint density at radius 2 is 2.10 bits per heavy atom. The molecule has 110 valence electrons. The monoisotopic (exact) mass is 302 g/mol. The fourth-order valence-corrected chi connectivity index (χ4v) is 2.88. The minimum absolute atomic E-state index is 0.108. The Labute approximate surface area is 129 Å². The highest BCUT2D eigenvalue weighted by atomic mass is 35.5. The summed E-state index contributed by atoms with van der Waals surface area (Å²) in [6.45, 7) is 4.91. The number of nitrogens with zero attached hydrogens (tertiary/aromatic N) is 4. The molecule has 1 unspecified atom stereocenters. The second-order valence-corrected chi connectivity index (χ2v) is 6.03. The maximum absolute atomic E-state index is 6.32. The number of aryl methyl sites for hydroxylation is 4. The molecule has 2 heterocycles. The van der Waals surface area contributed by atoms with Crippen molar-refractivity contribution in [1.82, 2.24) is 19.3 Å². The van der Waals surface area contributed by atoms with E-state index in [-0.39, 0.29) is 5.38 Å². The lowest BCUT2D eigenvalue weighted by atomic mass is 10.2. The average molecular weight is 303 g/mol. The van der Waals surface area contributed by atoms with Crippen LogP contribution in [-0.4, -0.2) is 19.3 Å². The first-order valence-corrected chi connectivity index (χ1v) is 7.58. The summed E-state index contributed by atoms with van der Waals surface area (Å²) in [6, 6.07) is 8.32. The van der Waals surface area contributed by atoms with E-state index >= 15 is 0 Å². The third-order valence-electron chi connectivity index (χ3n) is 3.88. The molecular weight excluding hydrogens is 284 g/mol. The van der Waals surface area contributed by atoms with E-state index in [4.69, 9.17) is 16.6 Å². The number of benzene rings is 1. The summed E-state index contributed by atoms with van der Waals surface area (Å²) in [5.41, 5.74) is 4.59. The zero-order valence-electron chi connectivity index (χ0n) is 12.5. The van der Waals surface area contributed by atoms with E-state index in [9.17, 15) is 0 Å². The van der Waals surface area contributed by atoms with Gasteiger partial charge >= 0.3 is 0 Å². The highest BCUT2D eigenvalue weighted by molar-refractivity contribution is 6.20. The first-order valence-electron chi connectivity index (χ1n) is 7.14. The van der Waals surface area contributed by atoms with Gasteiger partial charge in [0.2, 0.25) is 0 Å². The van der Waals surface area contributed by atoms with Crippen molar-refractivity contribution < 1.29 is 0 Å². The van der Waals surface area contributed by atoms with Gasteiger partial charge in [0.1, 0.15) is 5.82 Å². The Morgan fingerprint density at radius 3 is 2.76 bits per heavy atom. The van der Waals surface area contributed by atoms with Gasteiger partial charge in [0.25, 0.3) is 0 Å². The van der Waals surface area contributed by atoms with Crippen LogP contribution in [0.15, 0.2) is 30.5 Å². The van der Waals surface area contributed by atoms with Gasteiger partial charge in [-0.2, -0.15) is 5.10 Å². The summed E-state index contributed by atoms with van der Waals surface area (Å²) >= 11 is 6.32. The Morgan fingerprint density at radius 1 is 1.29 bits per heavy atom. The highest BCUT2D eigenvalue weighted by Crippen LogP contribution is 2.26. The first kappa shape index (κ1) is 14.1. The lowest BCUT2D eigenvalue weighted by molar-refractivity contribution is 0.624. The third-order valence-corrected chi connectivity index (χ3v) is 4.08. The van der Waals surface area contributed by atoms with Crippen molar-refractivity contribution in [3.8, 4) is 0 Å². The molecule has 0 saturated heterocycles. The lowest BCUT2D eigenvalue weighted by Gasteiger charge is -2.10. The van der Waals surface area contributed by atoms with Crippen LogP contribution < -0.4 is 0 Å². The van der Waals surface area contributed by atoms with Crippen molar-refractivity contribution in [1.29, 1.82) is 0 Å². The molecule has 21 heavy (non-hydrogen) atoms. The van der Waals surface area contributed by atoms with E-state index in [2.05, 4.69) is 34.8 Å². The molecule has 0 aliphatic heterocycles. The van der Waals surface area contributed by atoms with E-state index in [0.29, 0.717) is 0 Å². The molecule has 0 aliphatic carbocycles. The fraction of sp³-hybridized carbons (Fsp3) is 0.375. The largest absolute Gasteiger partial charge is 0.326 e. The Hall–Kier alpha value is -1.81. The molecule has 4 nitrogen and oxygen atoms in total. The minimum Gasteiger partial charge on any atom is -0.326 e. The topological polar surface area (TPSA) is 35.6 Å². The third kappa shape index (κ3) is 2.56. The standard InChI is InChI=1S/C16H19ClN4/c1-11-5-4-6-14-15(11)19-16(12(2)17)21(14)10-8-13-7-9-18-20(13)3/h4-7,9,12H,8,10H2,1-3H3. The molecule has 0 radical (unpaired) electrons. The number of alkyl halides is 1. The van der Waals surface area contributed by atoms with E-state index in [1.165, 1.54) is 11.3 Å². The molecule has 0 saturated carbocycles. The average Bonchev–Trinajstić information content (AvgIpc) is 3.01. The van der Waals surface area contributed by atoms with Crippen LogP contribution in [-0.2, 0) is 20.0 Å². The molecule has 2 aromatic heterocycles. The summed E-state index contributed by atoms with van der Waals surface area (Å²) in [5.74, 6) is 0.933. The van der Waals surface area contributed by atoms with Gasteiger partial charge in [-0.25, -0.2) is 4.98 Å². The Bertz CT molecular complexity index is 770. The Balaban J connectivity index is 2.01. The van der Waals surface area contributed by atoms with Gasteiger partial charge < -0.3 is 4.57 Å².